The van der Waals surface area contributed by atoms with Crippen LogP contribution in [0.2, 0.25) is 0 Å². The molecule has 0 atom stereocenters. The van der Waals surface area contributed by atoms with Crippen molar-refractivity contribution in [2.75, 3.05) is 0 Å². The van der Waals surface area contributed by atoms with Gasteiger partial charge in [0.05, 0.1) is 0 Å². The molecule has 12 aromatic rings. The zero-order valence-corrected chi connectivity index (χ0v) is 28.0. The molecule has 0 radical (unpaired) electrons. The Bertz CT molecular complexity index is 3470. The first-order valence-electron chi connectivity index (χ1n) is 17.8. The average molecular weight is 661 g/mol. The minimum atomic E-state index is 0.901. The molecule has 0 fully saturated rings. The largest absolute Gasteiger partial charge is 0.455 e. The smallest absolute Gasteiger partial charge is 0.143 e. The molecule has 2 heteroatoms. The molecule has 10 aromatic carbocycles. The summed E-state index contributed by atoms with van der Waals surface area (Å²) in [6, 6.07) is 61.5. The average Bonchev–Trinajstić information content (AvgIpc) is 3.78. The normalized spacial score (nSPS) is 12.2. The predicted molar refractivity (Wildman–Crippen MR) is 219 cm³/mol. The third kappa shape index (κ3) is 3.78. The second-order valence-corrected chi connectivity index (χ2v) is 14.0. The van der Waals surface area contributed by atoms with E-state index in [0.29, 0.717) is 0 Å². The maximum absolute atomic E-state index is 6.55. The first kappa shape index (κ1) is 27.9. The van der Waals surface area contributed by atoms with Gasteiger partial charge in [-0.25, -0.2) is 0 Å². The molecule has 0 N–H and O–H groups in total. The van der Waals surface area contributed by atoms with E-state index >= 15 is 0 Å². The van der Waals surface area contributed by atoms with Crippen LogP contribution in [0.3, 0.4) is 0 Å². The monoisotopic (exact) mass is 660 g/mol. The third-order valence-corrected chi connectivity index (χ3v) is 11.2. The van der Waals surface area contributed by atoms with Crippen LogP contribution < -0.4 is 0 Å². The summed E-state index contributed by atoms with van der Waals surface area (Å²) in [5.74, 6) is 0. The number of benzene rings is 10. The standard InChI is InChI=1S/C50H28O2/c1-4-12-34-29(9-1)19-24-41-46(32-20-25-44-42(27-32)39-22-17-30-10-2-5-13-35(30)49(39)51-44)37-15-7-8-16-38(37)47(48(34)41)33-21-26-45-43(28-33)40-23-18-31-11-3-6-14-36(31)50(40)52-45/h1-28H. The molecule has 0 saturated carbocycles. The molecule has 2 aromatic heterocycles. The summed E-state index contributed by atoms with van der Waals surface area (Å²) in [5.41, 5.74) is 8.51. The topological polar surface area (TPSA) is 26.3 Å². The first-order chi connectivity index (χ1) is 25.8. The molecule has 240 valence electrons. The molecule has 0 aliphatic rings. The number of hydrogen-bond acceptors (Lipinski definition) is 2. The Kier molecular flexibility index (Phi) is 5.53. The fourth-order valence-electron chi connectivity index (χ4n) is 8.88. The lowest BCUT2D eigenvalue weighted by atomic mass is 9.83. The van der Waals surface area contributed by atoms with Crippen LogP contribution in [0.5, 0.6) is 0 Å². The molecule has 0 bridgehead atoms. The van der Waals surface area contributed by atoms with Crippen LogP contribution in [-0.4, -0.2) is 0 Å². The van der Waals surface area contributed by atoms with Crippen molar-refractivity contribution in [3.8, 4) is 22.3 Å². The van der Waals surface area contributed by atoms with Crippen LogP contribution in [0.15, 0.2) is 179 Å². The molecule has 2 heterocycles. The van der Waals surface area contributed by atoms with Gasteiger partial charge in [-0.2, -0.15) is 0 Å². The van der Waals surface area contributed by atoms with Gasteiger partial charge in [0.1, 0.15) is 22.3 Å². The number of fused-ring (bicyclic) bond motifs is 14. The zero-order chi connectivity index (χ0) is 33.9. The lowest BCUT2D eigenvalue weighted by Gasteiger charge is -2.19. The highest BCUT2D eigenvalue weighted by atomic mass is 16.3. The van der Waals surface area contributed by atoms with E-state index in [2.05, 4.69) is 170 Å². The Morgan fingerprint density at radius 1 is 0.269 bits per heavy atom. The number of furan rings is 2. The Morgan fingerprint density at radius 3 is 1.25 bits per heavy atom. The molecular formula is C50H28O2. The van der Waals surface area contributed by atoms with Crippen LogP contribution >= 0.6 is 0 Å². The number of rotatable bonds is 2. The van der Waals surface area contributed by atoms with Crippen molar-refractivity contribution >= 4 is 97.7 Å². The minimum absolute atomic E-state index is 0.901. The Morgan fingerprint density at radius 2 is 0.692 bits per heavy atom. The fraction of sp³-hybridized carbons (Fsp3) is 0. The van der Waals surface area contributed by atoms with Crippen molar-refractivity contribution in [2.24, 2.45) is 0 Å². The van der Waals surface area contributed by atoms with Gasteiger partial charge in [0.2, 0.25) is 0 Å². The van der Waals surface area contributed by atoms with Gasteiger partial charge in [-0.05, 0) is 102 Å². The molecule has 12 rings (SSSR count). The minimum Gasteiger partial charge on any atom is -0.455 e. The molecule has 0 aliphatic carbocycles. The summed E-state index contributed by atoms with van der Waals surface area (Å²) < 4.78 is 13.1. The van der Waals surface area contributed by atoms with Gasteiger partial charge in [0.25, 0.3) is 0 Å². The summed E-state index contributed by atoms with van der Waals surface area (Å²) in [6.45, 7) is 0. The third-order valence-electron chi connectivity index (χ3n) is 11.2. The summed E-state index contributed by atoms with van der Waals surface area (Å²) in [4.78, 5) is 0. The van der Waals surface area contributed by atoms with Gasteiger partial charge in [0.15, 0.2) is 0 Å². The Hall–Kier alpha value is -6.90. The quantitative estimate of drug-likeness (QED) is 0.136. The SMILES string of the molecule is c1ccc2c(c1)ccc1c3cc(-c4c5ccccc5c(-c5ccc6oc7c8ccccc8ccc7c6c5)c5c4ccc4ccccc45)ccc3oc21. The van der Waals surface area contributed by atoms with Crippen molar-refractivity contribution in [3.63, 3.8) is 0 Å². The van der Waals surface area contributed by atoms with E-state index in [1.165, 1.54) is 65.3 Å². The highest BCUT2D eigenvalue weighted by Crippen LogP contribution is 2.48. The summed E-state index contributed by atoms with van der Waals surface area (Å²) >= 11 is 0. The lowest BCUT2D eigenvalue weighted by Crippen LogP contribution is -1.92. The van der Waals surface area contributed by atoms with E-state index < -0.39 is 0 Å². The molecule has 0 amide bonds. The highest BCUT2D eigenvalue weighted by Gasteiger charge is 2.21. The lowest BCUT2D eigenvalue weighted by molar-refractivity contribution is 0.672. The first-order valence-corrected chi connectivity index (χ1v) is 17.8. The van der Waals surface area contributed by atoms with Gasteiger partial charge in [-0.15, -0.1) is 0 Å². The van der Waals surface area contributed by atoms with Crippen molar-refractivity contribution in [2.45, 2.75) is 0 Å². The van der Waals surface area contributed by atoms with Gasteiger partial charge in [-0.3, -0.25) is 0 Å². The molecule has 0 saturated heterocycles. The van der Waals surface area contributed by atoms with Crippen molar-refractivity contribution in [1.29, 1.82) is 0 Å². The Balaban J connectivity index is 1.19. The zero-order valence-electron chi connectivity index (χ0n) is 28.0. The molecule has 0 aliphatic heterocycles. The van der Waals surface area contributed by atoms with Gasteiger partial charge >= 0.3 is 0 Å². The Labute approximate surface area is 297 Å². The van der Waals surface area contributed by atoms with E-state index in [-0.39, 0.29) is 0 Å². The summed E-state index contributed by atoms with van der Waals surface area (Å²) in [5, 5.41) is 16.6. The fourth-order valence-corrected chi connectivity index (χ4v) is 8.88. The van der Waals surface area contributed by atoms with E-state index in [1.54, 1.807) is 0 Å². The number of hydrogen-bond donors (Lipinski definition) is 0. The van der Waals surface area contributed by atoms with Crippen LogP contribution in [-0.2, 0) is 0 Å². The van der Waals surface area contributed by atoms with Crippen LogP contribution in [0.25, 0.3) is 120 Å². The van der Waals surface area contributed by atoms with Crippen molar-refractivity contribution in [3.05, 3.63) is 170 Å². The van der Waals surface area contributed by atoms with Gasteiger partial charge in [-0.1, -0.05) is 133 Å². The molecule has 0 spiro atoms. The van der Waals surface area contributed by atoms with E-state index in [0.717, 1.165) is 54.6 Å². The van der Waals surface area contributed by atoms with E-state index in [4.69, 9.17) is 8.83 Å². The molecule has 0 unspecified atom stereocenters. The maximum Gasteiger partial charge on any atom is 0.143 e. The van der Waals surface area contributed by atoms with Crippen molar-refractivity contribution in [1.82, 2.24) is 0 Å². The molecular weight excluding hydrogens is 633 g/mol. The van der Waals surface area contributed by atoms with Crippen LogP contribution in [0.4, 0.5) is 0 Å². The van der Waals surface area contributed by atoms with Gasteiger partial charge < -0.3 is 8.83 Å². The van der Waals surface area contributed by atoms with Gasteiger partial charge in [0, 0.05) is 32.3 Å². The second-order valence-electron chi connectivity index (χ2n) is 14.0. The summed E-state index contributed by atoms with van der Waals surface area (Å²) in [7, 11) is 0. The molecule has 52 heavy (non-hydrogen) atoms. The van der Waals surface area contributed by atoms with E-state index in [1.807, 2.05) is 0 Å². The predicted octanol–water partition coefficient (Wildman–Crippen LogP) is 14.6. The molecule has 2 nitrogen and oxygen atoms in total. The second kappa shape index (κ2) is 10.3. The highest BCUT2D eigenvalue weighted by molar-refractivity contribution is 6.29. The van der Waals surface area contributed by atoms with E-state index in [9.17, 15) is 0 Å². The summed E-state index contributed by atoms with van der Waals surface area (Å²) in [6.07, 6.45) is 0. The van der Waals surface area contributed by atoms with Crippen LogP contribution in [0.1, 0.15) is 0 Å². The maximum atomic E-state index is 6.55. The van der Waals surface area contributed by atoms with Crippen LogP contribution in [0, 0.1) is 0 Å². The van der Waals surface area contributed by atoms with Crippen molar-refractivity contribution < 1.29 is 8.83 Å².